The first kappa shape index (κ1) is 14.5. The van der Waals surface area contributed by atoms with Crippen molar-refractivity contribution in [3.8, 4) is 0 Å². The van der Waals surface area contributed by atoms with E-state index in [4.69, 9.17) is 11.6 Å². The Labute approximate surface area is 125 Å². The van der Waals surface area contributed by atoms with Crippen LogP contribution < -0.4 is 5.43 Å². The molecule has 0 bridgehead atoms. The second kappa shape index (κ2) is 7.02. The number of carbonyl (C=O) groups excluding carboxylic acids is 1. The van der Waals surface area contributed by atoms with E-state index in [0.29, 0.717) is 15.8 Å². The maximum atomic E-state index is 11.1. The first-order valence-corrected chi connectivity index (χ1v) is 6.99. The van der Waals surface area contributed by atoms with Crippen LogP contribution in [0.25, 0.3) is 0 Å². The molecule has 0 saturated carbocycles. The molecule has 0 spiro atoms. The Morgan fingerprint density at radius 1 is 1.55 bits per heavy atom. The van der Waals surface area contributed by atoms with Crippen molar-refractivity contribution in [2.75, 3.05) is 12.5 Å². The zero-order valence-corrected chi connectivity index (χ0v) is 12.2. The minimum absolute atomic E-state index is 0.156. The molecule has 0 unspecified atom stereocenters. The van der Waals surface area contributed by atoms with Gasteiger partial charge in [-0.25, -0.2) is 4.98 Å². The fourth-order valence-corrected chi connectivity index (χ4v) is 2.24. The van der Waals surface area contributed by atoms with Gasteiger partial charge in [0, 0.05) is 16.0 Å². The van der Waals surface area contributed by atoms with E-state index >= 15 is 0 Å². The molecular weight excluding hydrogens is 298 g/mol. The molecule has 0 aliphatic carbocycles. The van der Waals surface area contributed by atoms with Gasteiger partial charge >= 0.3 is 5.97 Å². The number of ether oxygens (including phenoxy) is 1. The third-order valence-electron chi connectivity index (χ3n) is 2.37. The minimum atomic E-state index is -0.318. The van der Waals surface area contributed by atoms with Crippen molar-refractivity contribution < 1.29 is 9.53 Å². The Hall–Kier alpha value is -1.92. The van der Waals surface area contributed by atoms with Crippen molar-refractivity contribution in [3.05, 3.63) is 45.9 Å². The number of nitrogens with zero attached hydrogens (tertiary/aromatic N) is 2. The van der Waals surface area contributed by atoms with Gasteiger partial charge in [-0.3, -0.25) is 10.2 Å². The highest BCUT2D eigenvalue weighted by molar-refractivity contribution is 7.13. The zero-order chi connectivity index (χ0) is 14.4. The fraction of sp³-hybridized carbons (Fsp3) is 0.154. The first-order chi connectivity index (χ1) is 9.69. The molecule has 20 heavy (non-hydrogen) atoms. The summed E-state index contributed by atoms with van der Waals surface area (Å²) < 4.78 is 4.58. The summed E-state index contributed by atoms with van der Waals surface area (Å²) in [6.07, 6.45) is 1.77. The number of nitrogens with one attached hydrogen (secondary N) is 1. The molecule has 0 saturated heterocycles. The summed E-state index contributed by atoms with van der Waals surface area (Å²) >= 11 is 7.36. The molecule has 104 valence electrons. The van der Waals surface area contributed by atoms with Gasteiger partial charge in [-0.2, -0.15) is 5.10 Å². The number of halogens is 1. The van der Waals surface area contributed by atoms with Crippen LogP contribution in [0, 0.1) is 0 Å². The van der Waals surface area contributed by atoms with E-state index in [1.54, 1.807) is 17.7 Å². The van der Waals surface area contributed by atoms with Crippen molar-refractivity contribution in [2.24, 2.45) is 5.10 Å². The van der Waals surface area contributed by atoms with Crippen LogP contribution >= 0.6 is 22.9 Å². The molecule has 0 atom stereocenters. The van der Waals surface area contributed by atoms with Gasteiger partial charge < -0.3 is 4.74 Å². The predicted octanol–water partition coefficient (Wildman–Crippen LogP) is 2.96. The van der Waals surface area contributed by atoms with Crippen molar-refractivity contribution in [1.82, 2.24) is 4.98 Å². The lowest BCUT2D eigenvalue weighted by atomic mass is 10.2. The second-order valence-corrected chi connectivity index (χ2v) is 5.05. The summed E-state index contributed by atoms with van der Waals surface area (Å²) in [7, 11) is 1.35. The number of methoxy groups -OCH3 is 1. The number of rotatable bonds is 5. The maximum Gasteiger partial charge on any atom is 0.311 e. The molecule has 5 nitrogen and oxygen atoms in total. The number of benzene rings is 1. The highest BCUT2D eigenvalue weighted by atomic mass is 35.5. The van der Waals surface area contributed by atoms with Crippen molar-refractivity contribution >= 4 is 40.3 Å². The summed E-state index contributed by atoms with van der Waals surface area (Å²) in [4.78, 5) is 15.3. The Morgan fingerprint density at radius 2 is 2.35 bits per heavy atom. The van der Waals surface area contributed by atoms with Gasteiger partial charge in [-0.05, 0) is 6.07 Å². The van der Waals surface area contributed by atoms with Crippen LogP contribution in [0.3, 0.4) is 0 Å². The molecular formula is C13H12ClN3O2S. The molecule has 0 aliphatic rings. The monoisotopic (exact) mass is 309 g/mol. The van der Waals surface area contributed by atoms with Gasteiger partial charge in [-0.15, -0.1) is 11.3 Å². The Bertz CT molecular complexity index is 628. The highest BCUT2D eigenvalue weighted by Gasteiger charge is 2.06. The quantitative estimate of drug-likeness (QED) is 0.524. The Balaban J connectivity index is 1.94. The van der Waals surface area contributed by atoms with E-state index < -0.39 is 0 Å². The van der Waals surface area contributed by atoms with E-state index in [0.717, 1.165) is 5.56 Å². The van der Waals surface area contributed by atoms with Crippen LogP contribution in [0.1, 0.15) is 11.3 Å². The first-order valence-electron chi connectivity index (χ1n) is 5.74. The molecule has 1 aromatic heterocycles. The lowest BCUT2D eigenvalue weighted by Gasteiger charge is -1.97. The fourth-order valence-electron chi connectivity index (χ4n) is 1.40. The van der Waals surface area contributed by atoms with Crippen LogP contribution in [-0.2, 0) is 16.0 Å². The smallest absolute Gasteiger partial charge is 0.311 e. The normalized spacial score (nSPS) is 10.7. The van der Waals surface area contributed by atoms with Crippen molar-refractivity contribution in [1.29, 1.82) is 0 Å². The third kappa shape index (κ3) is 4.04. The maximum absolute atomic E-state index is 11.1. The van der Waals surface area contributed by atoms with E-state index in [1.165, 1.54) is 18.4 Å². The van der Waals surface area contributed by atoms with Crippen LogP contribution in [0.15, 0.2) is 34.7 Å². The number of carbonyl (C=O) groups is 1. The highest BCUT2D eigenvalue weighted by Crippen LogP contribution is 2.16. The molecule has 2 aromatic rings. The lowest BCUT2D eigenvalue weighted by Crippen LogP contribution is -2.04. The zero-order valence-electron chi connectivity index (χ0n) is 10.7. The van der Waals surface area contributed by atoms with Crippen LogP contribution in [0.5, 0.6) is 0 Å². The molecule has 1 heterocycles. The van der Waals surface area contributed by atoms with Gasteiger partial charge in [0.15, 0.2) is 0 Å². The number of hydrogen-bond donors (Lipinski definition) is 1. The Kier molecular flexibility index (Phi) is 5.09. The number of aromatic nitrogens is 1. The molecule has 0 fully saturated rings. The lowest BCUT2D eigenvalue weighted by molar-refractivity contribution is -0.139. The predicted molar refractivity (Wildman–Crippen MR) is 80.5 cm³/mol. The molecule has 0 radical (unpaired) electrons. The largest absolute Gasteiger partial charge is 0.469 e. The summed E-state index contributed by atoms with van der Waals surface area (Å²) in [6, 6.07) is 7.39. The van der Waals surface area contributed by atoms with Crippen LogP contribution in [-0.4, -0.2) is 24.3 Å². The molecule has 2 rings (SSSR count). The SMILES string of the molecule is COC(=O)Cc1csc(N/N=C\c2ccccc2Cl)n1. The summed E-state index contributed by atoms with van der Waals surface area (Å²) in [5.41, 5.74) is 4.26. The average Bonchev–Trinajstić information content (AvgIpc) is 2.88. The number of esters is 1. The molecule has 1 N–H and O–H groups in total. The summed E-state index contributed by atoms with van der Waals surface area (Å²) in [5, 5.41) is 7.07. The van der Waals surface area contributed by atoms with E-state index in [9.17, 15) is 4.79 Å². The molecule has 0 amide bonds. The number of thiazole rings is 1. The average molecular weight is 310 g/mol. The van der Waals surface area contributed by atoms with Crippen LogP contribution in [0.2, 0.25) is 5.02 Å². The van der Waals surface area contributed by atoms with Gasteiger partial charge in [0.1, 0.15) is 0 Å². The van der Waals surface area contributed by atoms with Crippen molar-refractivity contribution in [2.45, 2.75) is 6.42 Å². The summed E-state index contributed by atoms with van der Waals surface area (Å²) in [6.45, 7) is 0. The van der Waals surface area contributed by atoms with E-state index in [2.05, 4.69) is 20.2 Å². The van der Waals surface area contributed by atoms with Crippen molar-refractivity contribution in [3.63, 3.8) is 0 Å². The van der Waals surface area contributed by atoms with Gasteiger partial charge in [0.05, 0.1) is 25.4 Å². The third-order valence-corrected chi connectivity index (χ3v) is 3.51. The molecule has 1 aromatic carbocycles. The minimum Gasteiger partial charge on any atom is -0.469 e. The Morgan fingerprint density at radius 3 is 3.10 bits per heavy atom. The number of hydrazone groups is 1. The number of anilines is 1. The standard InChI is InChI=1S/C13H12ClN3O2S/c1-19-12(18)6-10-8-20-13(16-10)17-15-7-9-4-2-3-5-11(9)14/h2-5,7-8H,6H2,1H3,(H,16,17)/b15-7-. The second-order valence-electron chi connectivity index (χ2n) is 3.79. The summed E-state index contributed by atoms with van der Waals surface area (Å²) in [5.74, 6) is -0.318. The van der Waals surface area contributed by atoms with Gasteiger partial charge in [0.2, 0.25) is 5.13 Å². The van der Waals surface area contributed by atoms with E-state index in [-0.39, 0.29) is 12.4 Å². The molecule has 7 heteroatoms. The van der Waals surface area contributed by atoms with E-state index in [1.807, 2.05) is 18.2 Å². The van der Waals surface area contributed by atoms with Gasteiger partial charge in [0.25, 0.3) is 0 Å². The molecule has 0 aliphatic heterocycles. The van der Waals surface area contributed by atoms with Crippen LogP contribution in [0.4, 0.5) is 5.13 Å². The topological polar surface area (TPSA) is 63.6 Å². The number of hydrogen-bond acceptors (Lipinski definition) is 6. The van der Waals surface area contributed by atoms with Gasteiger partial charge in [-0.1, -0.05) is 29.8 Å².